The lowest BCUT2D eigenvalue weighted by Crippen LogP contribution is -2.12. The summed E-state index contributed by atoms with van der Waals surface area (Å²) in [6.45, 7) is 13.0. The van der Waals surface area contributed by atoms with E-state index < -0.39 is 0 Å². The van der Waals surface area contributed by atoms with Gasteiger partial charge in [0.15, 0.2) is 0 Å². The third-order valence-corrected chi connectivity index (χ3v) is 1.18. The van der Waals surface area contributed by atoms with E-state index in [1.165, 1.54) is 0 Å². The summed E-state index contributed by atoms with van der Waals surface area (Å²) in [5.41, 5.74) is 0.458. The van der Waals surface area contributed by atoms with E-state index >= 15 is 0 Å². The Bertz CT molecular complexity index is 132. The first-order chi connectivity index (χ1) is 4.71. The van der Waals surface area contributed by atoms with Gasteiger partial charge in [-0.3, -0.25) is 4.99 Å². The van der Waals surface area contributed by atoms with E-state index in [0.29, 0.717) is 5.41 Å². The van der Waals surface area contributed by atoms with Crippen LogP contribution in [0, 0.1) is 5.41 Å². The van der Waals surface area contributed by atoms with Gasteiger partial charge < -0.3 is 0 Å². The molecule has 0 aromatic rings. The van der Waals surface area contributed by atoms with Gasteiger partial charge in [0.25, 0.3) is 0 Å². The van der Waals surface area contributed by atoms with Crippen molar-refractivity contribution >= 4 is 6.21 Å². The molecule has 0 unspecified atom stereocenters. The fraction of sp³-hybridized carbons (Fsp3) is 0.900. The molecule has 0 atom stereocenters. The van der Waals surface area contributed by atoms with Crippen LogP contribution < -0.4 is 0 Å². The van der Waals surface area contributed by atoms with E-state index in [1.807, 2.05) is 6.21 Å². The van der Waals surface area contributed by atoms with Gasteiger partial charge in [0.05, 0.1) is 5.54 Å². The van der Waals surface area contributed by atoms with Crippen molar-refractivity contribution in [2.75, 3.05) is 0 Å². The molecular formula is C10H21N. The molecule has 1 heteroatoms. The Hall–Kier alpha value is -0.330. The van der Waals surface area contributed by atoms with Gasteiger partial charge in [-0.25, -0.2) is 0 Å². The van der Waals surface area contributed by atoms with Gasteiger partial charge in [0.2, 0.25) is 0 Å². The van der Waals surface area contributed by atoms with Gasteiger partial charge >= 0.3 is 0 Å². The van der Waals surface area contributed by atoms with Crippen LogP contribution >= 0.6 is 0 Å². The monoisotopic (exact) mass is 155 g/mol. The fourth-order valence-electron chi connectivity index (χ4n) is 0.593. The largest absolute Gasteiger partial charge is 0.292 e. The zero-order valence-corrected chi connectivity index (χ0v) is 8.73. The fourth-order valence-corrected chi connectivity index (χ4v) is 0.593. The highest BCUT2D eigenvalue weighted by Gasteiger charge is 2.09. The van der Waals surface area contributed by atoms with Gasteiger partial charge in [-0.15, -0.1) is 0 Å². The number of aliphatic imine (C=N–C) groups is 1. The van der Waals surface area contributed by atoms with Crippen LogP contribution in [0.5, 0.6) is 0 Å². The van der Waals surface area contributed by atoms with Crippen molar-refractivity contribution in [2.24, 2.45) is 10.4 Å². The van der Waals surface area contributed by atoms with E-state index in [2.05, 4.69) is 46.5 Å². The molecule has 11 heavy (non-hydrogen) atoms. The highest BCUT2D eigenvalue weighted by molar-refractivity contribution is 5.58. The highest BCUT2D eigenvalue weighted by Crippen LogP contribution is 2.17. The summed E-state index contributed by atoms with van der Waals surface area (Å²) in [5.74, 6) is 0. The molecule has 0 bridgehead atoms. The summed E-state index contributed by atoms with van der Waals surface area (Å²) in [4.78, 5) is 4.42. The van der Waals surface area contributed by atoms with Gasteiger partial charge in [-0.05, 0) is 38.8 Å². The van der Waals surface area contributed by atoms with Crippen molar-refractivity contribution in [3.8, 4) is 0 Å². The molecule has 0 heterocycles. The minimum atomic E-state index is 0.0885. The van der Waals surface area contributed by atoms with Crippen molar-refractivity contribution < 1.29 is 0 Å². The average molecular weight is 155 g/mol. The van der Waals surface area contributed by atoms with Crippen LogP contribution in [0.2, 0.25) is 0 Å². The molecule has 0 saturated carbocycles. The SMILES string of the molecule is CC(C)(C)CC=NC(C)(C)C. The highest BCUT2D eigenvalue weighted by atomic mass is 14.8. The van der Waals surface area contributed by atoms with Crippen LogP contribution in [0.1, 0.15) is 48.0 Å². The Labute approximate surface area is 70.9 Å². The molecular weight excluding hydrogens is 134 g/mol. The Morgan fingerprint density at radius 1 is 1.00 bits per heavy atom. The minimum Gasteiger partial charge on any atom is -0.292 e. The van der Waals surface area contributed by atoms with E-state index in [9.17, 15) is 0 Å². The van der Waals surface area contributed by atoms with Gasteiger partial charge in [-0.2, -0.15) is 0 Å². The van der Waals surface area contributed by atoms with E-state index in [-0.39, 0.29) is 5.54 Å². The summed E-state index contributed by atoms with van der Waals surface area (Å²) < 4.78 is 0. The second kappa shape index (κ2) is 3.38. The topological polar surface area (TPSA) is 12.4 Å². The Balaban J connectivity index is 3.80. The van der Waals surface area contributed by atoms with E-state index in [4.69, 9.17) is 0 Å². The maximum atomic E-state index is 4.42. The predicted octanol–water partition coefficient (Wildman–Crippen LogP) is 3.29. The van der Waals surface area contributed by atoms with Crippen LogP contribution in [0.15, 0.2) is 4.99 Å². The molecule has 0 spiro atoms. The van der Waals surface area contributed by atoms with Crippen LogP contribution in [-0.4, -0.2) is 11.8 Å². The first-order valence-electron chi connectivity index (χ1n) is 4.24. The summed E-state index contributed by atoms with van der Waals surface area (Å²) >= 11 is 0. The average Bonchev–Trinajstić information content (AvgIpc) is 1.55. The first kappa shape index (κ1) is 10.7. The molecule has 0 N–H and O–H groups in total. The number of hydrogen-bond donors (Lipinski definition) is 0. The summed E-state index contributed by atoms with van der Waals surface area (Å²) in [6, 6.07) is 0. The van der Waals surface area contributed by atoms with E-state index in [0.717, 1.165) is 6.42 Å². The molecule has 0 aliphatic carbocycles. The van der Waals surface area contributed by atoms with Crippen LogP contribution in [0.3, 0.4) is 0 Å². The lowest BCUT2D eigenvalue weighted by molar-refractivity contribution is 0.435. The normalized spacial score (nSPS) is 14.4. The zero-order chi connectivity index (χ0) is 9.12. The molecule has 0 amide bonds. The molecule has 0 saturated heterocycles. The lowest BCUT2D eigenvalue weighted by atomic mass is 9.93. The summed E-state index contributed by atoms with van der Waals surface area (Å²) in [6.07, 6.45) is 3.10. The van der Waals surface area contributed by atoms with Crippen molar-refractivity contribution in [3.05, 3.63) is 0 Å². The molecule has 0 rings (SSSR count). The Morgan fingerprint density at radius 3 is 1.73 bits per heavy atom. The smallest absolute Gasteiger partial charge is 0.0520 e. The number of hydrogen-bond acceptors (Lipinski definition) is 1. The van der Waals surface area contributed by atoms with Gasteiger partial charge in [0, 0.05) is 0 Å². The standard InChI is InChI=1S/C10H21N/c1-9(2,3)7-8-11-10(4,5)6/h8H,7H2,1-6H3. The number of rotatable bonds is 1. The van der Waals surface area contributed by atoms with Crippen LogP contribution in [0.4, 0.5) is 0 Å². The molecule has 1 nitrogen and oxygen atoms in total. The van der Waals surface area contributed by atoms with Gasteiger partial charge in [-0.1, -0.05) is 20.8 Å². The maximum absolute atomic E-state index is 4.42. The first-order valence-corrected chi connectivity index (χ1v) is 4.24. The van der Waals surface area contributed by atoms with Crippen LogP contribution in [0.25, 0.3) is 0 Å². The van der Waals surface area contributed by atoms with E-state index in [1.54, 1.807) is 0 Å². The maximum Gasteiger partial charge on any atom is 0.0520 e. The second-order valence-electron chi connectivity index (χ2n) is 5.25. The molecule has 0 aliphatic rings. The van der Waals surface area contributed by atoms with Crippen molar-refractivity contribution in [3.63, 3.8) is 0 Å². The molecule has 0 aliphatic heterocycles. The van der Waals surface area contributed by atoms with Crippen molar-refractivity contribution in [2.45, 2.75) is 53.5 Å². The minimum absolute atomic E-state index is 0.0885. The number of nitrogens with zero attached hydrogens (tertiary/aromatic N) is 1. The zero-order valence-electron chi connectivity index (χ0n) is 8.73. The van der Waals surface area contributed by atoms with Gasteiger partial charge in [0.1, 0.15) is 0 Å². The molecule has 0 aromatic carbocycles. The quantitative estimate of drug-likeness (QED) is 0.515. The third kappa shape index (κ3) is 9.67. The second-order valence-corrected chi connectivity index (χ2v) is 5.25. The molecule has 0 radical (unpaired) electrons. The van der Waals surface area contributed by atoms with Crippen LogP contribution in [-0.2, 0) is 0 Å². The predicted molar refractivity (Wildman–Crippen MR) is 52.3 cm³/mol. The van der Waals surface area contributed by atoms with Crippen molar-refractivity contribution in [1.29, 1.82) is 0 Å². The lowest BCUT2D eigenvalue weighted by Gasteiger charge is -2.16. The van der Waals surface area contributed by atoms with Crippen molar-refractivity contribution in [1.82, 2.24) is 0 Å². The summed E-state index contributed by atoms with van der Waals surface area (Å²) in [5, 5.41) is 0. The molecule has 0 aromatic heterocycles. The Kier molecular flexibility index (Phi) is 3.28. The summed E-state index contributed by atoms with van der Waals surface area (Å²) in [7, 11) is 0. The third-order valence-electron chi connectivity index (χ3n) is 1.18. The molecule has 0 fully saturated rings. The molecule has 66 valence electrons. The Morgan fingerprint density at radius 2 is 1.45 bits per heavy atom.